The van der Waals surface area contributed by atoms with Crippen LogP contribution in [-0.2, 0) is 4.79 Å². The first-order valence-electron chi connectivity index (χ1n) is 8.96. The molecular formula is C21H23N3O3. The van der Waals surface area contributed by atoms with Crippen LogP contribution in [0.3, 0.4) is 0 Å². The molecule has 0 radical (unpaired) electrons. The molecule has 0 saturated heterocycles. The summed E-state index contributed by atoms with van der Waals surface area (Å²) < 4.78 is 0. The average Bonchev–Trinajstić information content (AvgIpc) is 2.91. The Hall–Kier alpha value is -2.99. The van der Waals surface area contributed by atoms with Gasteiger partial charge in [0.2, 0.25) is 5.91 Å². The Labute approximate surface area is 158 Å². The Bertz CT molecular complexity index is 839. The molecule has 3 N–H and O–H groups in total. The van der Waals surface area contributed by atoms with Gasteiger partial charge in [-0.15, -0.1) is 0 Å². The SMILES string of the molecule is CC(C)c1ccc(C(N)CNC(=O)CN2C(=O)c3ccccc3C2=O)cc1. The minimum atomic E-state index is -0.445. The topological polar surface area (TPSA) is 92.5 Å². The third-order valence-corrected chi connectivity index (χ3v) is 4.73. The number of hydrogen-bond donors (Lipinski definition) is 2. The van der Waals surface area contributed by atoms with E-state index in [1.54, 1.807) is 24.3 Å². The molecule has 3 amide bonds. The molecule has 1 aliphatic heterocycles. The van der Waals surface area contributed by atoms with E-state index in [9.17, 15) is 14.4 Å². The van der Waals surface area contributed by atoms with E-state index in [0.717, 1.165) is 10.5 Å². The summed E-state index contributed by atoms with van der Waals surface area (Å²) >= 11 is 0. The molecule has 0 aliphatic carbocycles. The van der Waals surface area contributed by atoms with Gasteiger partial charge in [0.25, 0.3) is 11.8 Å². The van der Waals surface area contributed by atoms with Crippen molar-refractivity contribution in [1.29, 1.82) is 0 Å². The van der Waals surface area contributed by atoms with E-state index in [1.165, 1.54) is 5.56 Å². The van der Waals surface area contributed by atoms with Gasteiger partial charge in [-0.05, 0) is 29.2 Å². The zero-order chi connectivity index (χ0) is 19.6. The predicted octanol–water partition coefficient (Wildman–Crippen LogP) is 2.22. The van der Waals surface area contributed by atoms with E-state index in [2.05, 4.69) is 19.2 Å². The lowest BCUT2D eigenvalue weighted by atomic mass is 9.99. The van der Waals surface area contributed by atoms with Gasteiger partial charge >= 0.3 is 0 Å². The number of nitrogens with one attached hydrogen (secondary N) is 1. The maximum Gasteiger partial charge on any atom is 0.262 e. The number of imide groups is 1. The van der Waals surface area contributed by atoms with E-state index in [1.807, 2.05) is 24.3 Å². The first-order chi connectivity index (χ1) is 12.9. The highest BCUT2D eigenvalue weighted by atomic mass is 16.2. The first-order valence-corrected chi connectivity index (χ1v) is 8.96. The number of fused-ring (bicyclic) bond motifs is 1. The van der Waals surface area contributed by atoms with Crippen LogP contribution in [0.4, 0.5) is 0 Å². The van der Waals surface area contributed by atoms with Crippen molar-refractivity contribution in [3.63, 3.8) is 0 Å². The lowest BCUT2D eigenvalue weighted by Crippen LogP contribution is -2.42. The van der Waals surface area contributed by atoms with Gasteiger partial charge in [0.1, 0.15) is 6.54 Å². The molecule has 1 unspecified atom stereocenters. The Morgan fingerprint density at radius 1 is 0.963 bits per heavy atom. The molecule has 6 heteroatoms. The number of nitrogens with two attached hydrogens (primary N) is 1. The number of carbonyl (C=O) groups excluding carboxylic acids is 3. The average molecular weight is 365 g/mol. The number of nitrogens with zero attached hydrogens (tertiary/aromatic N) is 1. The third-order valence-electron chi connectivity index (χ3n) is 4.73. The standard InChI is InChI=1S/C21H23N3O3/c1-13(2)14-7-9-15(10-8-14)18(22)11-23-19(25)12-24-20(26)16-5-3-4-6-17(16)21(24)27/h3-10,13,18H,11-12,22H2,1-2H3,(H,23,25). The quantitative estimate of drug-likeness (QED) is 0.768. The summed E-state index contributed by atoms with van der Waals surface area (Å²) in [6.45, 7) is 4.15. The van der Waals surface area contributed by atoms with E-state index in [0.29, 0.717) is 17.0 Å². The van der Waals surface area contributed by atoms with Crippen molar-refractivity contribution in [2.45, 2.75) is 25.8 Å². The smallest absolute Gasteiger partial charge is 0.262 e. The van der Waals surface area contributed by atoms with Crippen LogP contribution < -0.4 is 11.1 Å². The van der Waals surface area contributed by atoms with Crippen molar-refractivity contribution in [2.24, 2.45) is 5.73 Å². The molecule has 0 fully saturated rings. The summed E-state index contributed by atoms with van der Waals surface area (Å²) in [4.78, 5) is 37.7. The molecule has 2 aromatic carbocycles. The fourth-order valence-corrected chi connectivity index (χ4v) is 3.05. The van der Waals surface area contributed by atoms with Gasteiger partial charge in [0.05, 0.1) is 11.1 Å². The van der Waals surface area contributed by atoms with Crippen LogP contribution in [0.5, 0.6) is 0 Å². The fourth-order valence-electron chi connectivity index (χ4n) is 3.05. The van der Waals surface area contributed by atoms with Crippen LogP contribution in [0.15, 0.2) is 48.5 Å². The van der Waals surface area contributed by atoms with Gasteiger partial charge in [0.15, 0.2) is 0 Å². The maximum atomic E-state index is 12.3. The number of amides is 3. The monoisotopic (exact) mass is 365 g/mol. The number of carbonyl (C=O) groups is 3. The molecule has 1 atom stereocenters. The largest absolute Gasteiger partial charge is 0.353 e. The molecule has 0 aromatic heterocycles. The molecule has 27 heavy (non-hydrogen) atoms. The van der Waals surface area contributed by atoms with Gasteiger partial charge < -0.3 is 11.1 Å². The normalized spacial score (nSPS) is 14.4. The minimum absolute atomic E-state index is 0.225. The van der Waals surface area contributed by atoms with Crippen LogP contribution in [0.2, 0.25) is 0 Å². The third kappa shape index (κ3) is 3.90. The van der Waals surface area contributed by atoms with Crippen LogP contribution in [0.1, 0.15) is 57.7 Å². The Kier molecular flexibility index (Phi) is 5.37. The summed E-state index contributed by atoms with van der Waals surface area (Å²) in [5.41, 5.74) is 8.94. The molecule has 0 bridgehead atoms. The highest BCUT2D eigenvalue weighted by Gasteiger charge is 2.36. The van der Waals surface area contributed by atoms with Crippen molar-refractivity contribution in [3.05, 3.63) is 70.8 Å². The van der Waals surface area contributed by atoms with Crippen molar-refractivity contribution in [1.82, 2.24) is 10.2 Å². The molecule has 3 rings (SSSR count). The molecule has 6 nitrogen and oxygen atoms in total. The highest BCUT2D eigenvalue weighted by Crippen LogP contribution is 2.22. The summed E-state index contributed by atoms with van der Waals surface area (Å²) in [5, 5.41) is 2.70. The van der Waals surface area contributed by atoms with Crippen molar-refractivity contribution < 1.29 is 14.4 Å². The van der Waals surface area contributed by atoms with Gasteiger partial charge in [-0.1, -0.05) is 50.2 Å². The number of rotatable bonds is 6. The van der Waals surface area contributed by atoms with Crippen LogP contribution in [-0.4, -0.2) is 35.7 Å². The van der Waals surface area contributed by atoms with Gasteiger partial charge in [-0.2, -0.15) is 0 Å². The fraction of sp³-hybridized carbons (Fsp3) is 0.286. The summed E-state index contributed by atoms with van der Waals surface area (Å²) in [6.07, 6.45) is 0. The van der Waals surface area contributed by atoms with E-state index in [4.69, 9.17) is 5.73 Å². The Balaban J connectivity index is 1.56. The van der Waals surface area contributed by atoms with Crippen LogP contribution >= 0.6 is 0 Å². The summed E-state index contributed by atoms with van der Waals surface area (Å²) in [7, 11) is 0. The lowest BCUT2D eigenvalue weighted by Gasteiger charge is -2.17. The molecule has 140 valence electrons. The predicted molar refractivity (Wildman–Crippen MR) is 102 cm³/mol. The Morgan fingerprint density at radius 3 is 2.00 bits per heavy atom. The number of benzene rings is 2. The second-order valence-electron chi connectivity index (χ2n) is 6.97. The minimum Gasteiger partial charge on any atom is -0.353 e. The number of hydrogen-bond acceptors (Lipinski definition) is 4. The van der Waals surface area contributed by atoms with E-state index >= 15 is 0 Å². The zero-order valence-electron chi connectivity index (χ0n) is 15.4. The van der Waals surface area contributed by atoms with Gasteiger partial charge in [-0.25, -0.2) is 0 Å². The molecule has 1 heterocycles. The van der Waals surface area contributed by atoms with Crippen molar-refractivity contribution >= 4 is 17.7 Å². The zero-order valence-corrected chi connectivity index (χ0v) is 15.4. The van der Waals surface area contributed by atoms with Crippen molar-refractivity contribution in [3.8, 4) is 0 Å². The Morgan fingerprint density at radius 2 is 1.48 bits per heavy atom. The molecule has 1 aliphatic rings. The molecular weight excluding hydrogens is 342 g/mol. The maximum absolute atomic E-state index is 12.3. The highest BCUT2D eigenvalue weighted by molar-refractivity contribution is 6.22. The van der Waals surface area contributed by atoms with Gasteiger partial charge in [-0.3, -0.25) is 19.3 Å². The summed E-state index contributed by atoms with van der Waals surface area (Å²) in [6, 6.07) is 14.2. The second kappa shape index (κ2) is 7.72. The van der Waals surface area contributed by atoms with Crippen LogP contribution in [0.25, 0.3) is 0 Å². The first kappa shape index (κ1) is 18.8. The molecule has 2 aromatic rings. The van der Waals surface area contributed by atoms with E-state index < -0.39 is 17.7 Å². The summed E-state index contributed by atoms with van der Waals surface area (Å²) in [5.74, 6) is -0.868. The molecule has 0 spiro atoms. The van der Waals surface area contributed by atoms with Gasteiger partial charge in [0, 0.05) is 12.6 Å². The lowest BCUT2D eigenvalue weighted by molar-refractivity contribution is -0.121. The second-order valence-corrected chi connectivity index (χ2v) is 6.97. The van der Waals surface area contributed by atoms with Crippen LogP contribution in [0, 0.1) is 0 Å². The van der Waals surface area contributed by atoms with Crippen molar-refractivity contribution in [2.75, 3.05) is 13.1 Å². The van der Waals surface area contributed by atoms with E-state index in [-0.39, 0.29) is 19.1 Å². The molecule has 0 saturated carbocycles.